The predicted octanol–water partition coefficient (Wildman–Crippen LogP) is 5.07. The van der Waals surface area contributed by atoms with Crippen molar-refractivity contribution in [3.63, 3.8) is 0 Å². The Kier molecular flexibility index (Phi) is 7.34. The smallest absolute Gasteiger partial charge is 0.257 e. The number of anilines is 1. The first-order valence-electron chi connectivity index (χ1n) is 10.5. The van der Waals surface area contributed by atoms with Gasteiger partial charge in [0.1, 0.15) is 11.3 Å². The number of benzene rings is 2. The zero-order valence-corrected chi connectivity index (χ0v) is 20.7. The van der Waals surface area contributed by atoms with Gasteiger partial charge < -0.3 is 9.47 Å². The van der Waals surface area contributed by atoms with E-state index in [0.717, 1.165) is 45.1 Å². The summed E-state index contributed by atoms with van der Waals surface area (Å²) >= 11 is 3.03. The molecule has 4 rings (SSSR count). The van der Waals surface area contributed by atoms with Crippen LogP contribution in [0.2, 0.25) is 0 Å². The Hall–Kier alpha value is -2.85. The second-order valence-electron chi connectivity index (χ2n) is 7.65. The van der Waals surface area contributed by atoms with Crippen LogP contribution in [0.1, 0.15) is 20.9 Å². The van der Waals surface area contributed by atoms with E-state index in [9.17, 15) is 4.79 Å². The van der Waals surface area contributed by atoms with Crippen LogP contribution in [0.3, 0.4) is 0 Å². The summed E-state index contributed by atoms with van der Waals surface area (Å²) in [7, 11) is 5.36. The van der Waals surface area contributed by atoms with Crippen LogP contribution in [0.5, 0.6) is 5.75 Å². The van der Waals surface area contributed by atoms with Gasteiger partial charge in [-0.1, -0.05) is 23.5 Å². The van der Waals surface area contributed by atoms with Crippen LogP contribution in [0.25, 0.3) is 21.5 Å². The van der Waals surface area contributed by atoms with E-state index >= 15 is 0 Å². The van der Waals surface area contributed by atoms with E-state index in [0.29, 0.717) is 23.1 Å². The Morgan fingerprint density at radius 3 is 2.58 bits per heavy atom. The molecule has 0 spiro atoms. The quantitative estimate of drug-likeness (QED) is 0.359. The predicted molar refractivity (Wildman–Crippen MR) is 135 cm³/mol. The monoisotopic (exact) mass is 482 g/mol. The highest BCUT2D eigenvalue weighted by atomic mass is 32.1. The first kappa shape index (κ1) is 23.3. The van der Waals surface area contributed by atoms with Gasteiger partial charge in [-0.2, -0.15) is 0 Å². The first-order valence-corrected chi connectivity index (χ1v) is 12.2. The molecular formula is C24H26N4O3S2. The number of aromatic nitrogens is 2. The number of fused-ring (bicyclic) bond motifs is 1. The fourth-order valence-corrected chi connectivity index (χ4v) is 5.07. The van der Waals surface area contributed by atoms with Gasteiger partial charge in [0.15, 0.2) is 5.13 Å². The third kappa shape index (κ3) is 5.39. The number of thiazole rings is 2. The van der Waals surface area contributed by atoms with Gasteiger partial charge in [-0.3, -0.25) is 15.0 Å². The molecule has 1 amide bonds. The second kappa shape index (κ2) is 10.4. The molecule has 33 heavy (non-hydrogen) atoms. The van der Waals surface area contributed by atoms with Gasteiger partial charge in [0.25, 0.3) is 5.91 Å². The molecule has 1 N–H and O–H groups in total. The lowest BCUT2D eigenvalue weighted by Gasteiger charge is -2.16. The molecule has 0 unspecified atom stereocenters. The van der Waals surface area contributed by atoms with Gasteiger partial charge in [0.2, 0.25) is 0 Å². The lowest BCUT2D eigenvalue weighted by molar-refractivity contribution is 0.102. The van der Waals surface area contributed by atoms with Gasteiger partial charge in [-0.25, -0.2) is 9.97 Å². The number of amides is 1. The van der Waals surface area contributed by atoms with Crippen molar-refractivity contribution in [2.45, 2.75) is 13.5 Å². The van der Waals surface area contributed by atoms with Crippen molar-refractivity contribution < 1.29 is 14.3 Å². The summed E-state index contributed by atoms with van der Waals surface area (Å²) in [5.74, 6) is 0.470. The normalized spacial score (nSPS) is 11.3. The molecule has 0 radical (unpaired) electrons. The maximum atomic E-state index is 12.9. The van der Waals surface area contributed by atoms with Crippen molar-refractivity contribution >= 4 is 43.9 Å². The Bertz CT molecular complexity index is 1250. The molecule has 172 valence electrons. The van der Waals surface area contributed by atoms with Crippen molar-refractivity contribution in [3.8, 4) is 17.0 Å². The number of hydrogen-bond donors (Lipinski definition) is 1. The third-order valence-corrected chi connectivity index (χ3v) is 6.97. The molecule has 0 aliphatic carbocycles. The Morgan fingerprint density at radius 1 is 1.12 bits per heavy atom. The average molecular weight is 483 g/mol. The number of aryl methyl sites for hydroxylation is 1. The maximum absolute atomic E-state index is 12.9. The molecule has 0 aliphatic rings. The highest BCUT2D eigenvalue weighted by molar-refractivity contribution is 7.23. The molecule has 2 heterocycles. The number of rotatable bonds is 9. The molecule has 7 nitrogen and oxygen atoms in total. The van der Waals surface area contributed by atoms with Crippen LogP contribution in [-0.2, 0) is 11.3 Å². The van der Waals surface area contributed by atoms with Crippen molar-refractivity contribution in [3.05, 3.63) is 57.9 Å². The van der Waals surface area contributed by atoms with Gasteiger partial charge in [0.05, 0.1) is 29.1 Å². The standard InChI is InChI=1S/C24H26N4O3S2/c1-15-25-19(14-32-15)18-9-10-20(31-4)21-22(18)33-24(26-21)27-23(29)17-7-5-16(6-8-17)13-28(2)11-12-30-3/h5-10,14H,11-13H2,1-4H3,(H,26,27,29). The third-order valence-electron chi connectivity index (χ3n) is 5.19. The molecule has 4 aromatic rings. The molecule has 2 aromatic carbocycles. The lowest BCUT2D eigenvalue weighted by Crippen LogP contribution is -2.22. The highest BCUT2D eigenvalue weighted by Crippen LogP contribution is 2.39. The van der Waals surface area contributed by atoms with Crippen LogP contribution in [0.15, 0.2) is 41.8 Å². The van der Waals surface area contributed by atoms with Gasteiger partial charge >= 0.3 is 0 Å². The summed E-state index contributed by atoms with van der Waals surface area (Å²) in [6, 6.07) is 11.5. The van der Waals surface area contributed by atoms with Crippen LogP contribution in [0.4, 0.5) is 5.13 Å². The van der Waals surface area contributed by atoms with Crippen LogP contribution < -0.4 is 10.1 Å². The highest BCUT2D eigenvalue weighted by Gasteiger charge is 2.17. The minimum atomic E-state index is -0.196. The van der Waals surface area contributed by atoms with E-state index in [4.69, 9.17) is 9.47 Å². The minimum Gasteiger partial charge on any atom is -0.494 e. The Morgan fingerprint density at radius 2 is 1.91 bits per heavy atom. The van der Waals surface area contributed by atoms with E-state index in [1.807, 2.05) is 55.7 Å². The molecule has 0 saturated heterocycles. The zero-order valence-electron chi connectivity index (χ0n) is 19.0. The summed E-state index contributed by atoms with van der Waals surface area (Å²) in [5, 5.41) is 6.49. The van der Waals surface area contributed by atoms with E-state index in [1.54, 1.807) is 25.6 Å². The molecule has 9 heteroatoms. The topological polar surface area (TPSA) is 76.6 Å². The first-order chi connectivity index (χ1) is 16.0. The fourth-order valence-electron chi connectivity index (χ4n) is 3.46. The van der Waals surface area contributed by atoms with E-state index in [2.05, 4.69) is 20.2 Å². The van der Waals surface area contributed by atoms with Crippen LogP contribution in [-0.4, -0.2) is 55.2 Å². The van der Waals surface area contributed by atoms with Gasteiger partial charge in [-0.15, -0.1) is 11.3 Å². The number of hydrogen-bond acceptors (Lipinski definition) is 8. The van der Waals surface area contributed by atoms with Gasteiger partial charge in [-0.05, 0) is 43.8 Å². The summed E-state index contributed by atoms with van der Waals surface area (Å²) in [4.78, 5) is 24.3. The van der Waals surface area contributed by atoms with Gasteiger partial charge in [0, 0.05) is 36.7 Å². The Labute approximate surface area is 201 Å². The maximum Gasteiger partial charge on any atom is 0.257 e. The summed E-state index contributed by atoms with van der Waals surface area (Å²) in [6.45, 7) is 4.31. The number of nitrogens with one attached hydrogen (secondary N) is 1. The molecule has 0 bridgehead atoms. The number of carbonyl (C=O) groups is 1. The lowest BCUT2D eigenvalue weighted by atomic mass is 10.1. The molecular weight excluding hydrogens is 456 g/mol. The molecule has 2 aromatic heterocycles. The SMILES string of the molecule is COCCN(C)Cc1ccc(C(=O)Nc2nc3c(OC)ccc(-c4csc(C)n4)c3s2)cc1. The number of methoxy groups -OCH3 is 2. The largest absolute Gasteiger partial charge is 0.494 e. The molecule has 0 atom stereocenters. The number of nitrogens with zero attached hydrogens (tertiary/aromatic N) is 3. The van der Waals surface area contributed by atoms with Crippen molar-refractivity contribution in [2.75, 3.05) is 39.7 Å². The van der Waals surface area contributed by atoms with Crippen LogP contribution >= 0.6 is 22.7 Å². The number of likely N-dealkylation sites (N-methyl/N-ethyl adjacent to an activating group) is 1. The summed E-state index contributed by atoms with van der Waals surface area (Å²) in [6.07, 6.45) is 0. The average Bonchev–Trinajstić information content (AvgIpc) is 3.43. The summed E-state index contributed by atoms with van der Waals surface area (Å²) < 4.78 is 11.5. The van der Waals surface area contributed by atoms with E-state index < -0.39 is 0 Å². The van der Waals surface area contributed by atoms with Crippen LogP contribution in [0, 0.1) is 6.92 Å². The number of ether oxygens (including phenoxy) is 2. The van der Waals surface area contributed by atoms with Crippen molar-refractivity contribution in [1.82, 2.24) is 14.9 Å². The summed E-state index contributed by atoms with van der Waals surface area (Å²) in [5.41, 5.74) is 4.32. The molecule has 0 fully saturated rings. The van der Waals surface area contributed by atoms with E-state index in [-0.39, 0.29) is 5.91 Å². The number of carbonyl (C=O) groups excluding carboxylic acids is 1. The van der Waals surface area contributed by atoms with E-state index in [1.165, 1.54) is 11.3 Å². The zero-order chi connectivity index (χ0) is 23.4. The van der Waals surface area contributed by atoms with Crippen molar-refractivity contribution in [2.24, 2.45) is 0 Å². The van der Waals surface area contributed by atoms with Crippen molar-refractivity contribution in [1.29, 1.82) is 0 Å². The minimum absolute atomic E-state index is 0.196. The molecule has 0 saturated carbocycles. The second-order valence-corrected chi connectivity index (χ2v) is 9.71. The Balaban J connectivity index is 1.53. The molecule has 0 aliphatic heterocycles. The fraction of sp³-hybridized carbons (Fsp3) is 0.292.